The van der Waals surface area contributed by atoms with E-state index in [9.17, 15) is 8.42 Å². The summed E-state index contributed by atoms with van der Waals surface area (Å²) >= 11 is 6.08. The molecule has 0 radical (unpaired) electrons. The fraction of sp³-hybridized carbons (Fsp3) is 0.500. The fourth-order valence-electron chi connectivity index (χ4n) is 2.80. The normalized spacial score (nSPS) is 11.2. The van der Waals surface area contributed by atoms with Gasteiger partial charge in [-0.05, 0) is 63.9 Å². The number of hydrogen-bond donors (Lipinski definition) is 1. The maximum atomic E-state index is 12.9. The maximum absolute atomic E-state index is 12.9. The van der Waals surface area contributed by atoms with Gasteiger partial charge in [0.25, 0.3) is 0 Å². The molecule has 162 valence electrons. The van der Waals surface area contributed by atoms with E-state index in [4.69, 9.17) is 11.6 Å². The first-order valence-electron chi connectivity index (χ1n) is 8.31. The summed E-state index contributed by atoms with van der Waals surface area (Å²) in [6, 6.07) is 3.39. The number of benzene rings is 1. The Kier molecular flexibility index (Phi) is 12.6. The van der Waals surface area contributed by atoms with Gasteiger partial charge in [-0.25, -0.2) is 13.4 Å². The van der Waals surface area contributed by atoms with Crippen molar-refractivity contribution in [2.45, 2.75) is 51.1 Å². The maximum Gasteiger partial charge on any atom is 0.180 e. The van der Waals surface area contributed by atoms with Gasteiger partial charge >= 0.3 is 0 Å². The van der Waals surface area contributed by atoms with Crippen LogP contribution in [0, 0.1) is 13.8 Å². The summed E-state index contributed by atoms with van der Waals surface area (Å²) in [4.78, 5) is 4.37. The van der Waals surface area contributed by atoms with Crippen LogP contribution in [-0.4, -0.2) is 41.3 Å². The van der Waals surface area contributed by atoms with Gasteiger partial charge in [0, 0.05) is 29.5 Å². The lowest BCUT2D eigenvalue weighted by atomic mass is 10.1. The zero-order chi connectivity index (χ0) is 18.7. The molecule has 0 bridgehead atoms. The van der Waals surface area contributed by atoms with Crippen molar-refractivity contribution in [1.82, 2.24) is 14.9 Å². The minimum absolute atomic E-state index is 0. The highest BCUT2D eigenvalue weighted by Gasteiger charge is 2.28. The Bertz CT molecular complexity index is 826. The molecule has 0 aliphatic rings. The Labute approximate surface area is 185 Å². The number of imidazole rings is 1. The summed E-state index contributed by atoms with van der Waals surface area (Å²) < 4.78 is 27.7. The minimum Gasteiger partial charge on any atom is -0.412 e. The van der Waals surface area contributed by atoms with Crippen LogP contribution in [0.3, 0.4) is 0 Å². The van der Waals surface area contributed by atoms with E-state index in [1.807, 2.05) is 31.5 Å². The van der Waals surface area contributed by atoms with Crippen LogP contribution in [0.15, 0.2) is 35.7 Å². The van der Waals surface area contributed by atoms with Crippen molar-refractivity contribution in [3.05, 3.63) is 47.0 Å². The second kappa shape index (κ2) is 12.0. The third-order valence-electron chi connectivity index (χ3n) is 4.10. The molecule has 0 spiro atoms. The largest absolute Gasteiger partial charge is 0.412 e. The highest BCUT2D eigenvalue weighted by atomic mass is 35.5. The molecule has 0 fully saturated rings. The molecule has 10 heteroatoms. The molecule has 0 aliphatic heterocycles. The Morgan fingerprint density at radius 1 is 1.18 bits per heavy atom. The molecule has 1 aromatic heterocycles. The SMILES string of the molecule is Cc1cc(S(=O)(=O)CC(C)(C)NCCCn2ccnc2)c(C)cc1Cl.Cl.Cl.O. The summed E-state index contributed by atoms with van der Waals surface area (Å²) in [5.41, 5.74) is 0.941. The average molecular weight is 475 g/mol. The molecule has 0 unspecified atom stereocenters. The van der Waals surface area contributed by atoms with Crippen molar-refractivity contribution in [1.29, 1.82) is 0 Å². The number of hydrogen-bond acceptors (Lipinski definition) is 4. The molecule has 1 heterocycles. The topological polar surface area (TPSA) is 95.5 Å². The molecule has 6 nitrogen and oxygen atoms in total. The Balaban J connectivity index is 0. The van der Waals surface area contributed by atoms with E-state index in [1.54, 1.807) is 31.6 Å². The van der Waals surface area contributed by atoms with Crippen LogP contribution in [0.5, 0.6) is 0 Å². The number of nitrogens with zero attached hydrogens (tertiary/aromatic N) is 2. The van der Waals surface area contributed by atoms with Gasteiger partial charge in [0.2, 0.25) is 0 Å². The Hall–Kier alpha value is -0.830. The quantitative estimate of drug-likeness (QED) is 0.593. The van der Waals surface area contributed by atoms with Gasteiger partial charge in [-0.1, -0.05) is 11.6 Å². The number of rotatable bonds is 8. The second-order valence-electron chi connectivity index (χ2n) is 7.09. The van der Waals surface area contributed by atoms with E-state index in [1.165, 1.54) is 0 Å². The van der Waals surface area contributed by atoms with Crippen LogP contribution in [0.1, 0.15) is 31.4 Å². The molecular formula is C18H30Cl3N3O3S. The van der Waals surface area contributed by atoms with Gasteiger partial charge in [-0.3, -0.25) is 0 Å². The van der Waals surface area contributed by atoms with E-state index < -0.39 is 15.4 Å². The number of halogens is 3. The average Bonchev–Trinajstić information content (AvgIpc) is 2.99. The summed E-state index contributed by atoms with van der Waals surface area (Å²) in [5, 5.41) is 3.94. The molecular weight excluding hydrogens is 445 g/mol. The number of aromatic nitrogens is 2. The van der Waals surface area contributed by atoms with E-state index in [2.05, 4.69) is 10.3 Å². The standard InChI is InChI=1S/C18H26ClN3O2S.2ClH.H2O/c1-14-11-17(15(2)10-16(14)19)25(23,24)12-18(3,4)21-6-5-8-22-9-7-20-13-22;;;/h7,9-11,13,21H,5-6,8,12H2,1-4H3;2*1H;1H2. The lowest BCUT2D eigenvalue weighted by molar-refractivity contribution is 0.412. The van der Waals surface area contributed by atoms with Crippen molar-refractivity contribution >= 4 is 46.3 Å². The summed E-state index contributed by atoms with van der Waals surface area (Å²) in [6.45, 7) is 9.02. The zero-order valence-corrected chi connectivity index (χ0v) is 19.7. The predicted octanol–water partition coefficient (Wildman–Crippen LogP) is 3.40. The van der Waals surface area contributed by atoms with Crippen molar-refractivity contribution in [2.75, 3.05) is 12.3 Å². The Morgan fingerprint density at radius 2 is 1.82 bits per heavy atom. The minimum atomic E-state index is -3.40. The number of aryl methyl sites for hydroxylation is 3. The van der Waals surface area contributed by atoms with Crippen LogP contribution in [0.4, 0.5) is 0 Å². The molecule has 0 atom stereocenters. The zero-order valence-electron chi connectivity index (χ0n) is 16.5. The molecule has 2 aromatic rings. The highest BCUT2D eigenvalue weighted by molar-refractivity contribution is 7.91. The van der Waals surface area contributed by atoms with Crippen LogP contribution < -0.4 is 5.32 Å². The summed E-state index contributed by atoms with van der Waals surface area (Å²) in [6.07, 6.45) is 6.35. The predicted molar refractivity (Wildman–Crippen MR) is 120 cm³/mol. The van der Waals surface area contributed by atoms with Gasteiger partial charge in [-0.15, -0.1) is 24.8 Å². The highest BCUT2D eigenvalue weighted by Crippen LogP contribution is 2.26. The third-order valence-corrected chi connectivity index (χ3v) is 6.72. The van der Waals surface area contributed by atoms with E-state index in [0.29, 0.717) is 15.5 Å². The molecule has 0 saturated heterocycles. The first-order valence-corrected chi connectivity index (χ1v) is 10.3. The molecule has 28 heavy (non-hydrogen) atoms. The number of nitrogens with one attached hydrogen (secondary N) is 1. The summed E-state index contributed by atoms with van der Waals surface area (Å²) in [7, 11) is -3.40. The van der Waals surface area contributed by atoms with Crippen molar-refractivity contribution in [3.63, 3.8) is 0 Å². The van der Waals surface area contributed by atoms with Gasteiger partial charge in [-0.2, -0.15) is 0 Å². The van der Waals surface area contributed by atoms with Crippen LogP contribution >= 0.6 is 36.4 Å². The van der Waals surface area contributed by atoms with Gasteiger partial charge in [0.1, 0.15) is 0 Å². The van der Waals surface area contributed by atoms with Gasteiger partial charge < -0.3 is 15.4 Å². The molecule has 0 aliphatic carbocycles. The Morgan fingerprint density at radius 3 is 2.39 bits per heavy atom. The van der Waals surface area contributed by atoms with E-state index in [-0.39, 0.29) is 36.0 Å². The second-order valence-corrected chi connectivity index (χ2v) is 9.46. The van der Waals surface area contributed by atoms with Crippen molar-refractivity contribution in [2.24, 2.45) is 0 Å². The van der Waals surface area contributed by atoms with Crippen molar-refractivity contribution in [3.8, 4) is 0 Å². The first-order chi connectivity index (χ1) is 11.6. The monoisotopic (exact) mass is 473 g/mol. The van der Waals surface area contributed by atoms with Crippen LogP contribution in [-0.2, 0) is 16.4 Å². The van der Waals surface area contributed by atoms with E-state index >= 15 is 0 Å². The van der Waals surface area contributed by atoms with Gasteiger partial charge in [0.15, 0.2) is 9.84 Å². The smallest absolute Gasteiger partial charge is 0.180 e. The molecule has 0 amide bonds. The van der Waals surface area contributed by atoms with Crippen LogP contribution in [0.2, 0.25) is 5.02 Å². The molecule has 3 N–H and O–H groups in total. The molecule has 0 saturated carbocycles. The third kappa shape index (κ3) is 8.27. The molecule has 1 aromatic carbocycles. The van der Waals surface area contributed by atoms with Crippen molar-refractivity contribution < 1.29 is 13.9 Å². The summed E-state index contributed by atoms with van der Waals surface area (Å²) in [5.74, 6) is 0.0347. The first kappa shape index (κ1) is 29.4. The number of sulfone groups is 1. The lowest BCUT2D eigenvalue weighted by Gasteiger charge is -2.26. The fourth-order valence-corrected chi connectivity index (χ4v) is 5.13. The molecule has 2 rings (SSSR count). The lowest BCUT2D eigenvalue weighted by Crippen LogP contribution is -2.45. The van der Waals surface area contributed by atoms with Crippen LogP contribution in [0.25, 0.3) is 0 Å². The van der Waals surface area contributed by atoms with E-state index in [0.717, 1.165) is 25.1 Å². The van der Waals surface area contributed by atoms with Gasteiger partial charge in [0.05, 0.1) is 17.0 Å².